The third-order valence-electron chi connectivity index (χ3n) is 6.50. The molecule has 9 nitrogen and oxygen atoms in total. The number of aryl methyl sites for hydroxylation is 2. The Kier molecular flexibility index (Phi) is 5.77. The van der Waals surface area contributed by atoms with Crippen molar-refractivity contribution in [3.05, 3.63) is 45.1 Å². The summed E-state index contributed by atoms with van der Waals surface area (Å²) < 4.78 is 10.5. The number of hydrogen-bond acceptors (Lipinski definition) is 7. The lowest BCUT2D eigenvalue weighted by Crippen LogP contribution is -2.41. The molecule has 5 rings (SSSR count). The third-order valence-corrected chi connectivity index (χ3v) is 7.31. The number of para-hydroxylation sites is 2. The summed E-state index contributed by atoms with van der Waals surface area (Å²) in [7, 11) is 3.19. The van der Waals surface area contributed by atoms with Crippen LogP contribution >= 0.6 is 11.8 Å². The summed E-state index contributed by atoms with van der Waals surface area (Å²) in [5, 5.41) is 0.604. The fourth-order valence-electron chi connectivity index (χ4n) is 4.69. The summed E-state index contributed by atoms with van der Waals surface area (Å²) in [6.45, 7) is 3.64. The number of fused-ring (bicyclic) bond motifs is 2. The van der Waals surface area contributed by atoms with Crippen LogP contribution in [0.1, 0.15) is 32.6 Å². The largest absolute Gasteiger partial charge is 0.431 e. The number of imidazole rings is 1. The van der Waals surface area contributed by atoms with Gasteiger partial charge in [-0.1, -0.05) is 30.8 Å². The molecule has 0 saturated carbocycles. The van der Waals surface area contributed by atoms with E-state index in [0.29, 0.717) is 34.7 Å². The fraction of sp³-hybridized carbons (Fsp3) is 0.478. The van der Waals surface area contributed by atoms with Crippen LogP contribution in [0.3, 0.4) is 0 Å². The van der Waals surface area contributed by atoms with Crippen LogP contribution in [0.5, 0.6) is 0 Å². The van der Waals surface area contributed by atoms with Crippen LogP contribution in [0.4, 0.5) is 5.95 Å². The van der Waals surface area contributed by atoms with Crippen LogP contribution in [0, 0.1) is 0 Å². The maximum atomic E-state index is 13.2. The van der Waals surface area contributed by atoms with Crippen molar-refractivity contribution in [2.45, 2.75) is 50.4 Å². The normalized spacial score (nSPS) is 16.8. The lowest BCUT2D eigenvalue weighted by Gasteiger charge is -2.36. The minimum atomic E-state index is -0.366. The lowest BCUT2D eigenvalue weighted by molar-refractivity contribution is 0.438. The second-order valence-electron chi connectivity index (χ2n) is 8.49. The SMILES string of the molecule is CCC1CCCCN1c1nc2c(c(=O)n(C)c(=O)n2C)n1CCSc1nc2ccccc2o1. The Morgan fingerprint density at radius 2 is 1.94 bits per heavy atom. The zero-order valence-electron chi connectivity index (χ0n) is 19.2. The first-order valence-electron chi connectivity index (χ1n) is 11.4. The molecule has 1 aliphatic rings. The van der Waals surface area contributed by atoms with Crippen LogP contribution in [-0.4, -0.2) is 42.0 Å². The standard InChI is InChI=1S/C23H28N6O3S/c1-4-15-9-7-8-12-28(15)21-25-19-18(20(30)27(3)23(31)26(19)2)29(21)13-14-33-22-24-16-10-5-6-11-17(16)32-22/h5-6,10-11,15H,4,7-9,12-14H2,1-3H3. The molecule has 0 spiro atoms. The van der Waals surface area contributed by atoms with Crippen molar-refractivity contribution >= 4 is 40.0 Å². The van der Waals surface area contributed by atoms with Gasteiger partial charge < -0.3 is 13.9 Å². The Morgan fingerprint density at radius 3 is 2.73 bits per heavy atom. The first-order chi connectivity index (χ1) is 16.0. The topological polar surface area (TPSA) is 91.1 Å². The van der Waals surface area contributed by atoms with Gasteiger partial charge in [-0.3, -0.25) is 13.9 Å². The Hall–Kier alpha value is -3.01. The van der Waals surface area contributed by atoms with Crippen LogP contribution < -0.4 is 16.1 Å². The Bertz CT molecular complexity index is 1400. The van der Waals surface area contributed by atoms with Crippen molar-refractivity contribution in [1.29, 1.82) is 0 Å². The zero-order valence-corrected chi connectivity index (χ0v) is 20.0. The molecule has 1 aliphatic heterocycles. The average Bonchev–Trinajstić information content (AvgIpc) is 3.43. The van der Waals surface area contributed by atoms with Crippen LogP contribution in [0.2, 0.25) is 0 Å². The smallest absolute Gasteiger partial charge is 0.332 e. The molecule has 3 aromatic heterocycles. The highest BCUT2D eigenvalue weighted by atomic mass is 32.2. The fourth-order valence-corrected chi connectivity index (χ4v) is 5.45. The van der Waals surface area contributed by atoms with E-state index in [1.165, 1.54) is 29.8 Å². The number of rotatable bonds is 6. The molecule has 0 radical (unpaired) electrons. The van der Waals surface area contributed by atoms with Crippen molar-refractivity contribution in [1.82, 2.24) is 23.7 Å². The highest BCUT2D eigenvalue weighted by Gasteiger charge is 2.28. The van der Waals surface area contributed by atoms with Gasteiger partial charge in [-0.25, -0.2) is 9.78 Å². The minimum absolute atomic E-state index is 0.316. The highest BCUT2D eigenvalue weighted by molar-refractivity contribution is 7.99. The molecule has 1 unspecified atom stereocenters. The van der Waals surface area contributed by atoms with Crippen molar-refractivity contribution in [3.8, 4) is 0 Å². The Balaban J connectivity index is 1.54. The molecule has 0 bridgehead atoms. The molecule has 174 valence electrons. The summed E-state index contributed by atoms with van der Waals surface area (Å²) in [5.41, 5.74) is 1.81. The Labute approximate surface area is 195 Å². The van der Waals surface area contributed by atoms with Gasteiger partial charge in [-0.15, -0.1) is 0 Å². The second-order valence-corrected chi connectivity index (χ2v) is 9.53. The van der Waals surface area contributed by atoms with E-state index >= 15 is 0 Å². The Morgan fingerprint density at radius 1 is 1.12 bits per heavy atom. The molecule has 33 heavy (non-hydrogen) atoms. The molecule has 10 heteroatoms. The van der Waals surface area contributed by atoms with E-state index in [4.69, 9.17) is 9.40 Å². The summed E-state index contributed by atoms with van der Waals surface area (Å²) in [5.74, 6) is 1.43. The van der Waals surface area contributed by atoms with Crippen molar-refractivity contribution in [2.24, 2.45) is 14.1 Å². The zero-order chi connectivity index (χ0) is 23.1. The van der Waals surface area contributed by atoms with E-state index in [2.05, 4.69) is 16.8 Å². The van der Waals surface area contributed by atoms with Gasteiger partial charge >= 0.3 is 5.69 Å². The number of benzene rings is 1. The quantitative estimate of drug-likeness (QED) is 0.402. The van der Waals surface area contributed by atoms with Crippen LogP contribution in [-0.2, 0) is 20.6 Å². The summed E-state index contributed by atoms with van der Waals surface area (Å²) in [4.78, 5) is 37.4. The number of thioether (sulfide) groups is 1. The van der Waals surface area contributed by atoms with Gasteiger partial charge in [0.15, 0.2) is 16.7 Å². The number of piperidine rings is 1. The summed E-state index contributed by atoms with van der Waals surface area (Å²) in [6, 6.07) is 8.07. The maximum Gasteiger partial charge on any atom is 0.332 e. The van der Waals surface area contributed by atoms with Gasteiger partial charge in [0.2, 0.25) is 5.95 Å². The molecule has 1 aromatic carbocycles. The first kappa shape index (κ1) is 21.8. The molecular weight excluding hydrogens is 440 g/mol. The summed E-state index contributed by atoms with van der Waals surface area (Å²) in [6.07, 6.45) is 4.41. The van der Waals surface area contributed by atoms with E-state index in [-0.39, 0.29) is 11.2 Å². The number of oxazole rings is 1. The minimum Gasteiger partial charge on any atom is -0.431 e. The number of anilines is 1. The summed E-state index contributed by atoms with van der Waals surface area (Å²) >= 11 is 1.51. The average molecular weight is 469 g/mol. The number of hydrogen-bond donors (Lipinski definition) is 0. The second kappa shape index (κ2) is 8.74. The van der Waals surface area contributed by atoms with E-state index in [1.54, 1.807) is 7.05 Å². The van der Waals surface area contributed by atoms with Crippen molar-refractivity contribution in [3.63, 3.8) is 0 Å². The number of aromatic nitrogens is 5. The van der Waals surface area contributed by atoms with Crippen molar-refractivity contribution in [2.75, 3.05) is 17.2 Å². The molecule has 0 amide bonds. The molecule has 1 saturated heterocycles. The molecule has 1 fully saturated rings. The predicted octanol–water partition coefficient (Wildman–Crippen LogP) is 3.14. The van der Waals surface area contributed by atoms with Crippen LogP contribution in [0.25, 0.3) is 22.3 Å². The molecule has 4 aromatic rings. The van der Waals surface area contributed by atoms with Gasteiger partial charge in [-0.05, 0) is 37.8 Å². The molecule has 1 atom stereocenters. The van der Waals surface area contributed by atoms with E-state index in [9.17, 15) is 9.59 Å². The van der Waals surface area contributed by atoms with Gasteiger partial charge in [0.05, 0.1) is 0 Å². The third kappa shape index (κ3) is 3.76. The number of nitrogens with zero attached hydrogens (tertiary/aromatic N) is 6. The monoisotopic (exact) mass is 468 g/mol. The molecule has 0 aliphatic carbocycles. The van der Waals surface area contributed by atoms with Gasteiger partial charge in [0, 0.05) is 39.0 Å². The highest BCUT2D eigenvalue weighted by Crippen LogP contribution is 2.29. The van der Waals surface area contributed by atoms with Gasteiger partial charge in [-0.2, -0.15) is 4.98 Å². The molecular formula is C23H28N6O3S. The predicted molar refractivity (Wildman–Crippen MR) is 130 cm³/mol. The lowest BCUT2D eigenvalue weighted by atomic mass is 10.0. The maximum absolute atomic E-state index is 13.2. The van der Waals surface area contributed by atoms with E-state index in [0.717, 1.165) is 47.4 Å². The van der Waals surface area contributed by atoms with Crippen molar-refractivity contribution < 1.29 is 4.42 Å². The van der Waals surface area contributed by atoms with Crippen LogP contribution in [0.15, 0.2) is 43.5 Å². The molecule has 0 N–H and O–H groups in total. The van der Waals surface area contributed by atoms with Gasteiger partial charge in [0.1, 0.15) is 5.52 Å². The van der Waals surface area contributed by atoms with Gasteiger partial charge in [0.25, 0.3) is 10.8 Å². The van der Waals surface area contributed by atoms with E-state index in [1.807, 2.05) is 28.8 Å². The molecule has 4 heterocycles. The first-order valence-corrected chi connectivity index (χ1v) is 12.4. The van der Waals surface area contributed by atoms with E-state index < -0.39 is 0 Å².